The number of fused-ring (bicyclic) bond motifs is 1. The average molecular weight is 267 g/mol. The van der Waals surface area contributed by atoms with Crippen LogP contribution in [0.2, 0.25) is 0 Å². The molecule has 0 saturated carbocycles. The molecular formula is C13H17NO3S. The van der Waals surface area contributed by atoms with E-state index < -0.39 is 5.97 Å². The molecule has 0 radical (unpaired) electrons. The summed E-state index contributed by atoms with van der Waals surface area (Å²) in [6.07, 6.45) is 1.43. The fourth-order valence-electron chi connectivity index (χ4n) is 2.94. The lowest BCUT2D eigenvalue weighted by molar-refractivity contribution is -0.142. The molecule has 1 aliphatic heterocycles. The van der Waals surface area contributed by atoms with Crippen LogP contribution in [0.4, 0.5) is 0 Å². The summed E-state index contributed by atoms with van der Waals surface area (Å²) in [5.74, 6) is -0.892. The number of hydrogen-bond donors (Lipinski definition) is 1. The number of carboxylic acid groups (broad SMARTS) is 1. The SMILES string of the molecule is O=C(O)C1Cc2sccc2C(N2CCOCC2)C1. The molecule has 1 fully saturated rings. The summed E-state index contributed by atoms with van der Waals surface area (Å²) >= 11 is 1.69. The predicted molar refractivity (Wildman–Crippen MR) is 68.9 cm³/mol. The van der Waals surface area contributed by atoms with E-state index in [1.54, 1.807) is 11.3 Å². The van der Waals surface area contributed by atoms with Crippen molar-refractivity contribution >= 4 is 17.3 Å². The van der Waals surface area contributed by atoms with Gasteiger partial charge in [-0.25, -0.2) is 0 Å². The molecule has 2 atom stereocenters. The number of ether oxygens (including phenoxy) is 1. The van der Waals surface area contributed by atoms with Crippen LogP contribution < -0.4 is 0 Å². The summed E-state index contributed by atoms with van der Waals surface area (Å²) in [6.45, 7) is 3.33. The van der Waals surface area contributed by atoms with Gasteiger partial charge in [0.25, 0.3) is 0 Å². The second-order valence-corrected chi connectivity index (χ2v) is 5.94. The average Bonchev–Trinajstić information content (AvgIpc) is 2.86. The van der Waals surface area contributed by atoms with Crippen molar-refractivity contribution in [2.45, 2.75) is 18.9 Å². The molecule has 5 heteroatoms. The summed E-state index contributed by atoms with van der Waals surface area (Å²) < 4.78 is 5.38. The lowest BCUT2D eigenvalue weighted by atomic mass is 9.84. The second kappa shape index (κ2) is 4.99. The Bertz CT molecular complexity index is 439. The highest BCUT2D eigenvalue weighted by Gasteiger charge is 2.35. The van der Waals surface area contributed by atoms with E-state index in [0.717, 1.165) is 32.7 Å². The number of thiophene rings is 1. The van der Waals surface area contributed by atoms with E-state index in [9.17, 15) is 9.90 Å². The quantitative estimate of drug-likeness (QED) is 0.887. The van der Waals surface area contributed by atoms with Crippen molar-refractivity contribution in [1.82, 2.24) is 4.90 Å². The van der Waals surface area contributed by atoms with E-state index in [-0.39, 0.29) is 12.0 Å². The van der Waals surface area contributed by atoms with Gasteiger partial charge in [-0.1, -0.05) is 0 Å². The van der Waals surface area contributed by atoms with Crippen molar-refractivity contribution in [3.8, 4) is 0 Å². The second-order valence-electron chi connectivity index (χ2n) is 4.94. The smallest absolute Gasteiger partial charge is 0.306 e. The molecule has 1 aromatic rings. The highest BCUT2D eigenvalue weighted by atomic mass is 32.1. The number of carboxylic acids is 1. The molecule has 0 amide bonds. The normalized spacial score (nSPS) is 28.9. The van der Waals surface area contributed by atoms with Gasteiger partial charge in [-0.3, -0.25) is 9.69 Å². The monoisotopic (exact) mass is 267 g/mol. The highest BCUT2D eigenvalue weighted by Crippen LogP contribution is 2.40. The summed E-state index contributed by atoms with van der Waals surface area (Å²) in [5, 5.41) is 11.4. The lowest BCUT2D eigenvalue weighted by Gasteiger charge is -2.38. The third-order valence-corrected chi connectivity index (χ3v) is 4.87. The van der Waals surface area contributed by atoms with Crippen LogP contribution in [-0.4, -0.2) is 42.3 Å². The Kier molecular flexibility index (Phi) is 3.37. The Balaban J connectivity index is 1.86. The molecule has 0 spiro atoms. The van der Waals surface area contributed by atoms with Crippen LogP contribution >= 0.6 is 11.3 Å². The molecule has 18 heavy (non-hydrogen) atoms. The number of hydrogen-bond acceptors (Lipinski definition) is 4. The number of nitrogens with zero attached hydrogens (tertiary/aromatic N) is 1. The van der Waals surface area contributed by atoms with Crippen molar-refractivity contribution in [2.24, 2.45) is 5.92 Å². The number of morpholine rings is 1. The minimum atomic E-state index is -0.660. The standard InChI is InChI=1S/C13H17NO3S/c15-13(16)9-7-11(14-2-4-17-5-3-14)10-1-6-18-12(10)8-9/h1,6,9,11H,2-5,7-8H2,(H,15,16). The first-order chi connectivity index (χ1) is 8.75. The summed E-state index contributed by atoms with van der Waals surface area (Å²) in [5.41, 5.74) is 1.35. The van der Waals surface area contributed by atoms with Gasteiger partial charge in [-0.15, -0.1) is 11.3 Å². The van der Waals surface area contributed by atoms with Crippen molar-refractivity contribution in [3.63, 3.8) is 0 Å². The first kappa shape index (κ1) is 12.1. The Morgan fingerprint density at radius 1 is 1.44 bits per heavy atom. The lowest BCUT2D eigenvalue weighted by Crippen LogP contribution is -2.42. The van der Waals surface area contributed by atoms with Crippen LogP contribution in [0.15, 0.2) is 11.4 Å². The molecule has 98 valence electrons. The molecule has 0 bridgehead atoms. The van der Waals surface area contributed by atoms with E-state index in [0.29, 0.717) is 6.42 Å². The first-order valence-corrected chi connectivity index (χ1v) is 7.24. The zero-order valence-electron chi connectivity index (χ0n) is 10.2. The molecule has 1 aromatic heterocycles. The van der Waals surface area contributed by atoms with Crippen molar-refractivity contribution in [3.05, 3.63) is 21.9 Å². The van der Waals surface area contributed by atoms with Gasteiger partial charge in [-0.05, 0) is 29.9 Å². The topological polar surface area (TPSA) is 49.8 Å². The Labute approximate surface area is 110 Å². The van der Waals surface area contributed by atoms with Crippen LogP contribution in [0.1, 0.15) is 22.9 Å². The summed E-state index contributed by atoms with van der Waals surface area (Å²) in [6, 6.07) is 2.43. The van der Waals surface area contributed by atoms with Gasteiger partial charge in [-0.2, -0.15) is 0 Å². The summed E-state index contributed by atoms with van der Waals surface area (Å²) in [7, 11) is 0. The predicted octanol–water partition coefficient (Wildman–Crippen LogP) is 1.77. The maximum Gasteiger partial charge on any atom is 0.306 e. The van der Waals surface area contributed by atoms with Crippen LogP contribution in [0.25, 0.3) is 0 Å². The summed E-state index contributed by atoms with van der Waals surface area (Å²) in [4.78, 5) is 14.9. The van der Waals surface area contributed by atoms with E-state index in [2.05, 4.69) is 16.3 Å². The van der Waals surface area contributed by atoms with Gasteiger partial charge >= 0.3 is 5.97 Å². The third kappa shape index (κ3) is 2.18. The van der Waals surface area contributed by atoms with Crippen LogP contribution in [-0.2, 0) is 16.0 Å². The van der Waals surface area contributed by atoms with E-state index in [4.69, 9.17) is 4.74 Å². The molecular weight excluding hydrogens is 250 g/mol. The van der Waals surface area contributed by atoms with Crippen molar-refractivity contribution in [2.75, 3.05) is 26.3 Å². The Morgan fingerprint density at radius 3 is 2.94 bits per heavy atom. The van der Waals surface area contributed by atoms with Gasteiger partial charge in [0.2, 0.25) is 0 Å². The molecule has 1 N–H and O–H groups in total. The van der Waals surface area contributed by atoms with Gasteiger partial charge in [0.1, 0.15) is 0 Å². The molecule has 1 saturated heterocycles. The highest BCUT2D eigenvalue weighted by molar-refractivity contribution is 7.10. The van der Waals surface area contributed by atoms with E-state index in [1.165, 1.54) is 10.4 Å². The molecule has 0 aromatic carbocycles. The van der Waals surface area contributed by atoms with Gasteiger partial charge in [0.15, 0.2) is 0 Å². The minimum Gasteiger partial charge on any atom is -0.481 e. The maximum atomic E-state index is 11.3. The zero-order chi connectivity index (χ0) is 12.5. The third-order valence-electron chi connectivity index (χ3n) is 3.91. The van der Waals surface area contributed by atoms with Gasteiger partial charge in [0.05, 0.1) is 19.1 Å². The largest absolute Gasteiger partial charge is 0.481 e. The van der Waals surface area contributed by atoms with Crippen LogP contribution in [0, 0.1) is 5.92 Å². The molecule has 2 aliphatic rings. The number of aliphatic carboxylic acids is 1. The number of rotatable bonds is 2. The molecule has 4 nitrogen and oxygen atoms in total. The number of carbonyl (C=O) groups is 1. The first-order valence-electron chi connectivity index (χ1n) is 6.36. The fourth-order valence-corrected chi connectivity index (χ4v) is 3.96. The van der Waals surface area contributed by atoms with E-state index >= 15 is 0 Å². The molecule has 1 aliphatic carbocycles. The van der Waals surface area contributed by atoms with Gasteiger partial charge < -0.3 is 9.84 Å². The maximum absolute atomic E-state index is 11.3. The minimum absolute atomic E-state index is 0.232. The van der Waals surface area contributed by atoms with Crippen molar-refractivity contribution < 1.29 is 14.6 Å². The molecule has 2 unspecified atom stereocenters. The van der Waals surface area contributed by atoms with Gasteiger partial charge in [0, 0.05) is 24.0 Å². The molecule has 3 rings (SSSR count). The zero-order valence-corrected chi connectivity index (χ0v) is 11.0. The van der Waals surface area contributed by atoms with Crippen molar-refractivity contribution in [1.29, 1.82) is 0 Å². The van der Waals surface area contributed by atoms with Crippen LogP contribution in [0.3, 0.4) is 0 Å². The van der Waals surface area contributed by atoms with Crippen LogP contribution in [0.5, 0.6) is 0 Å². The Hall–Kier alpha value is -0.910. The van der Waals surface area contributed by atoms with E-state index in [1.807, 2.05) is 0 Å². The molecule has 2 heterocycles. The fraction of sp³-hybridized carbons (Fsp3) is 0.615. The Morgan fingerprint density at radius 2 is 2.22 bits per heavy atom.